The Morgan fingerprint density at radius 3 is 2.62 bits per heavy atom. The number of hydrogen-bond donors (Lipinski definition) is 2. The molecule has 0 bridgehead atoms. The van der Waals surface area contributed by atoms with E-state index in [0.717, 1.165) is 12.1 Å². The molecule has 1 aromatic rings. The molecule has 2 nitrogen and oxygen atoms in total. The van der Waals surface area contributed by atoms with Gasteiger partial charge >= 0.3 is 0 Å². The van der Waals surface area contributed by atoms with Crippen molar-refractivity contribution in [2.24, 2.45) is 5.73 Å². The molecule has 3 N–H and O–H groups in total. The van der Waals surface area contributed by atoms with E-state index in [4.69, 9.17) is 10.8 Å². The molecular formula is C9H11F2NO. The van der Waals surface area contributed by atoms with Crippen LogP contribution in [-0.2, 0) is 0 Å². The van der Waals surface area contributed by atoms with Crippen molar-refractivity contribution >= 4 is 0 Å². The Bertz CT molecular complexity index is 315. The normalized spacial score (nSPS) is 13.0. The van der Waals surface area contributed by atoms with Gasteiger partial charge in [0.05, 0.1) is 12.6 Å². The predicted molar refractivity (Wildman–Crippen MR) is 45.1 cm³/mol. The first-order valence-corrected chi connectivity index (χ1v) is 3.88. The lowest BCUT2D eigenvalue weighted by Crippen LogP contribution is -2.16. The standard InChI is InChI=1S/C9H11F2NO/c1-5-7(9(12)4-13)2-6(10)3-8(5)11/h2-3,9,13H,4,12H2,1H3/t9-/m0/s1. The number of rotatable bonds is 2. The summed E-state index contributed by atoms with van der Waals surface area (Å²) in [5.74, 6) is -1.32. The average molecular weight is 187 g/mol. The van der Waals surface area contributed by atoms with E-state index >= 15 is 0 Å². The van der Waals surface area contributed by atoms with Crippen LogP contribution in [0.2, 0.25) is 0 Å². The zero-order valence-corrected chi connectivity index (χ0v) is 7.22. The number of aliphatic hydroxyl groups excluding tert-OH is 1. The van der Waals surface area contributed by atoms with Gasteiger partial charge in [0.15, 0.2) is 0 Å². The Morgan fingerprint density at radius 2 is 2.08 bits per heavy atom. The van der Waals surface area contributed by atoms with Crippen LogP contribution in [0, 0.1) is 18.6 Å². The quantitative estimate of drug-likeness (QED) is 0.732. The summed E-state index contributed by atoms with van der Waals surface area (Å²) in [4.78, 5) is 0. The average Bonchev–Trinajstić information content (AvgIpc) is 2.10. The molecule has 72 valence electrons. The molecule has 13 heavy (non-hydrogen) atoms. The van der Waals surface area contributed by atoms with Gasteiger partial charge in [-0.25, -0.2) is 8.78 Å². The van der Waals surface area contributed by atoms with Crippen LogP contribution in [-0.4, -0.2) is 11.7 Å². The monoisotopic (exact) mass is 187 g/mol. The molecule has 0 aliphatic rings. The lowest BCUT2D eigenvalue weighted by molar-refractivity contribution is 0.267. The van der Waals surface area contributed by atoms with Crippen LogP contribution in [0.25, 0.3) is 0 Å². The Balaban J connectivity index is 3.20. The highest BCUT2D eigenvalue weighted by Gasteiger charge is 2.12. The molecule has 0 amide bonds. The molecule has 0 spiro atoms. The molecule has 0 aliphatic carbocycles. The van der Waals surface area contributed by atoms with Crippen LogP contribution in [0.4, 0.5) is 8.78 Å². The zero-order chi connectivity index (χ0) is 10.0. The van der Waals surface area contributed by atoms with E-state index < -0.39 is 17.7 Å². The van der Waals surface area contributed by atoms with Crippen molar-refractivity contribution in [1.82, 2.24) is 0 Å². The summed E-state index contributed by atoms with van der Waals surface area (Å²) in [6, 6.07) is 1.20. The topological polar surface area (TPSA) is 46.2 Å². The molecule has 0 aliphatic heterocycles. The minimum atomic E-state index is -0.731. The van der Waals surface area contributed by atoms with Crippen molar-refractivity contribution in [1.29, 1.82) is 0 Å². The third-order valence-electron chi connectivity index (χ3n) is 1.95. The van der Waals surface area contributed by atoms with Crippen LogP contribution in [0.15, 0.2) is 12.1 Å². The molecule has 0 unspecified atom stereocenters. The molecule has 1 atom stereocenters. The lowest BCUT2D eigenvalue weighted by Gasteiger charge is -2.12. The SMILES string of the molecule is Cc1c(F)cc(F)cc1[C@@H](N)CO. The van der Waals surface area contributed by atoms with E-state index in [1.54, 1.807) is 0 Å². The number of nitrogens with two attached hydrogens (primary N) is 1. The number of benzene rings is 1. The molecule has 0 aromatic heterocycles. The minimum Gasteiger partial charge on any atom is -0.394 e. The Labute approximate surface area is 75.0 Å². The van der Waals surface area contributed by atoms with Gasteiger partial charge in [0, 0.05) is 6.07 Å². The molecule has 1 rings (SSSR count). The summed E-state index contributed by atoms with van der Waals surface area (Å²) in [5.41, 5.74) is 6.04. The summed E-state index contributed by atoms with van der Waals surface area (Å²) in [5, 5.41) is 8.72. The van der Waals surface area contributed by atoms with Gasteiger partial charge < -0.3 is 10.8 Å². The first kappa shape index (κ1) is 10.1. The predicted octanol–water partition coefficient (Wildman–Crippen LogP) is 1.27. The molecule has 0 heterocycles. The van der Waals surface area contributed by atoms with Gasteiger partial charge in [-0.1, -0.05) is 0 Å². The first-order valence-electron chi connectivity index (χ1n) is 3.88. The number of hydrogen-bond acceptors (Lipinski definition) is 2. The van der Waals surface area contributed by atoms with Gasteiger partial charge in [0.2, 0.25) is 0 Å². The second kappa shape index (κ2) is 3.81. The highest BCUT2D eigenvalue weighted by atomic mass is 19.1. The molecule has 0 fully saturated rings. The fourth-order valence-corrected chi connectivity index (χ4v) is 1.15. The third-order valence-corrected chi connectivity index (χ3v) is 1.95. The molecule has 0 radical (unpaired) electrons. The van der Waals surface area contributed by atoms with Crippen LogP contribution in [0.3, 0.4) is 0 Å². The van der Waals surface area contributed by atoms with E-state index in [1.165, 1.54) is 6.92 Å². The summed E-state index contributed by atoms with van der Waals surface area (Å²) in [6.45, 7) is 1.17. The van der Waals surface area contributed by atoms with Gasteiger partial charge in [-0.05, 0) is 24.1 Å². The van der Waals surface area contributed by atoms with Gasteiger partial charge in [-0.15, -0.1) is 0 Å². The smallest absolute Gasteiger partial charge is 0.129 e. The van der Waals surface area contributed by atoms with Gasteiger partial charge in [0.25, 0.3) is 0 Å². The first-order chi connectivity index (χ1) is 6.06. The third kappa shape index (κ3) is 2.02. The van der Waals surface area contributed by atoms with Crippen molar-refractivity contribution < 1.29 is 13.9 Å². The van der Waals surface area contributed by atoms with Gasteiger partial charge in [0.1, 0.15) is 11.6 Å². The van der Waals surface area contributed by atoms with Crippen molar-refractivity contribution in [2.75, 3.05) is 6.61 Å². The van der Waals surface area contributed by atoms with Gasteiger partial charge in [-0.2, -0.15) is 0 Å². The Morgan fingerprint density at radius 1 is 1.46 bits per heavy atom. The van der Waals surface area contributed by atoms with Crippen molar-refractivity contribution in [3.8, 4) is 0 Å². The second-order valence-electron chi connectivity index (χ2n) is 2.89. The van der Waals surface area contributed by atoms with Crippen molar-refractivity contribution in [3.63, 3.8) is 0 Å². The van der Waals surface area contributed by atoms with E-state index in [9.17, 15) is 8.78 Å². The van der Waals surface area contributed by atoms with Crippen LogP contribution in [0.1, 0.15) is 17.2 Å². The summed E-state index contributed by atoms with van der Waals surface area (Å²) < 4.78 is 25.7. The molecule has 0 saturated heterocycles. The van der Waals surface area contributed by atoms with Gasteiger partial charge in [-0.3, -0.25) is 0 Å². The van der Waals surface area contributed by atoms with Crippen molar-refractivity contribution in [2.45, 2.75) is 13.0 Å². The second-order valence-corrected chi connectivity index (χ2v) is 2.89. The molecular weight excluding hydrogens is 176 g/mol. The fourth-order valence-electron chi connectivity index (χ4n) is 1.15. The number of halogens is 2. The van der Waals surface area contributed by atoms with Crippen molar-refractivity contribution in [3.05, 3.63) is 34.9 Å². The van der Waals surface area contributed by atoms with Crippen LogP contribution in [0.5, 0.6) is 0 Å². The minimum absolute atomic E-state index is 0.281. The Hall–Kier alpha value is -1.00. The number of aliphatic hydroxyl groups is 1. The van der Waals surface area contributed by atoms with E-state index in [1.807, 2.05) is 0 Å². The van der Waals surface area contributed by atoms with Crippen LogP contribution < -0.4 is 5.73 Å². The van der Waals surface area contributed by atoms with E-state index in [0.29, 0.717) is 5.56 Å². The zero-order valence-electron chi connectivity index (χ0n) is 7.22. The summed E-state index contributed by atoms with van der Waals surface area (Å²) in [6.07, 6.45) is 0. The summed E-state index contributed by atoms with van der Waals surface area (Å²) in [7, 11) is 0. The molecule has 4 heteroatoms. The maximum Gasteiger partial charge on any atom is 0.129 e. The lowest BCUT2D eigenvalue weighted by atomic mass is 10.0. The highest BCUT2D eigenvalue weighted by molar-refractivity contribution is 5.30. The highest BCUT2D eigenvalue weighted by Crippen LogP contribution is 2.19. The summed E-state index contributed by atoms with van der Waals surface area (Å²) >= 11 is 0. The molecule has 0 saturated carbocycles. The largest absolute Gasteiger partial charge is 0.394 e. The maximum absolute atomic E-state index is 13.0. The Kier molecular flexibility index (Phi) is 2.95. The molecule has 1 aromatic carbocycles. The van der Waals surface area contributed by atoms with E-state index in [-0.39, 0.29) is 12.2 Å². The maximum atomic E-state index is 13.0. The van der Waals surface area contributed by atoms with Crippen LogP contribution >= 0.6 is 0 Å². The van der Waals surface area contributed by atoms with E-state index in [2.05, 4.69) is 0 Å². The fraction of sp³-hybridized carbons (Fsp3) is 0.333.